The molecule has 5 nitrogen and oxygen atoms in total. The van der Waals surface area contributed by atoms with Crippen LogP contribution in [0.3, 0.4) is 0 Å². The smallest absolute Gasteiger partial charge is 0.275 e. The first-order valence-electron chi connectivity index (χ1n) is 12.1. The van der Waals surface area contributed by atoms with E-state index in [2.05, 4.69) is 10.3 Å². The van der Waals surface area contributed by atoms with Crippen molar-refractivity contribution >= 4 is 28.7 Å². The third-order valence-corrected chi connectivity index (χ3v) is 7.75. The minimum absolute atomic E-state index is 0.124. The Morgan fingerprint density at radius 2 is 1.71 bits per heavy atom. The number of amides is 1. The average Bonchev–Trinajstić information content (AvgIpc) is 3.61. The van der Waals surface area contributed by atoms with E-state index >= 15 is 0 Å². The fraction of sp³-hybridized carbons (Fsp3) is 0.276. The van der Waals surface area contributed by atoms with Gasteiger partial charge in [0, 0.05) is 41.3 Å². The number of rotatable bonds is 8. The van der Waals surface area contributed by atoms with Crippen LogP contribution in [0.25, 0.3) is 11.1 Å². The summed E-state index contributed by atoms with van der Waals surface area (Å²) in [6.07, 6.45) is 6.49. The van der Waals surface area contributed by atoms with Gasteiger partial charge in [-0.15, -0.1) is 11.3 Å². The molecule has 1 N–H and O–H groups in total. The molecule has 0 unspecified atom stereocenters. The topological polar surface area (TPSA) is 72.2 Å². The lowest BCUT2D eigenvalue weighted by Crippen LogP contribution is -2.21. The molecule has 0 radical (unpaired) electrons. The molecule has 5 rings (SSSR count). The van der Waals surface area contributed by atoms with Crippen molar-refractivity contribution in [3.63, 3.8) is 0 Å². The van der Waals surface area contributed by atoms with Gasteiger partial charge in [-0.2, -0.15) is 0 Å². The zero-order valence-electron chi connectivity index (χ0n) is 19.5. The monoisotopic (exact) mass is 484 g/mol. The lowest BCUT2D eigenvalue weighted by atomic mass is 9.79. The molecule has 2 aromatic carbocycles. The third-order valence-electron chi connectivity index (χ3n) is 6.74. The van der Waals surface area contributed by atoms with Crippen molar-refractivity contribution in [1.29, 1.82) is 0 Å². The summed E-state index contributed by atoms with van der Waals surface area (Å²) >= 11 is 1.54. The van der Waals surface area contributed by atoms with Crippen molar-refractivity contribution < 1.29 is 14.0 Å². The van der Waals surface area contributed by atoms with E-state index < -0.39 is 0 Å². The van der Waals surface area contributed by atoms with Crippen LogP contribution >= 0.6 is 11.3 Å². The Bertz CT molecular complexity index is 1270. The molecule has 35 heavy (non-hydrogen) atoms. The van der Waals surface area contributed by atoms with Crippen molar-refractivity contribution in [3.8, 4) is 11.1 Å². The van der Waals surface area contributed by atoms with E-state index in [0.29, 0.717) is 30.2 Å². The maximum Gasteiger partial charge on any atom is 0.275 e. The molecule has 0 saturated heterocycles. The average molecular weight is 485 g/mol. The second-order valence-corrected chi connectivity index (χ2v) is 9.92. The van der Waals surface area contributed by atoms with E-state index in [-0.39, 0.29) is 11.8 Å². The summed E-state index contributed by atoms with van der Waals surface area (Å²) in [4.78, 5) is 30.3. The zero-order valence-corrected chi connectivity index (χ0v) is 20.3. The molecule has 1 amide bonds. The first-order chi connectivity index (χ1) is 17.2. The SMILES string of the molecule is O=C(Nc1ccccc1-c1ccccc1)c1csc(C2CCC(C(=O)CCc3ccco3)CC2)n1. The van der Waals surface area contributed by atoms with Crippen molar-refractivity contribution in [2.45, 2.75) is 44.4 Å². The molecule has 0 bridgehead atoms. The summed E-state index contributed by atoms with van der Waals surface area (Å²) in [5.41, 5.74) is 3.25. The van der Waals surface area contributed by atoms with Crippen LogP contribution in [0.4, 0.5) is 5.69 Å². The van der Waals surface area contributed by atoms with E-state index in [0.717, 1.165) is 53.3 Å². The van der Waals surface area contributed by atoms with Crippen LogP contribution in [0, 0.1) is 5.92 Å². The summed E-state index contributed by atoms with van der Waals surface area (Å²) in [5.74, 6) is 1.44. The highest BCUT2D eigenvalue weighted by Crippen LogP contribution is 2.38. The molecule has 1 aliphatic rings. The Labute approximate surface area is 209 Å². The lowest BCUT2D eigenvalue weighted by Gasteiger charge is -2.26. The van der Waals surface area contributed by atoms with Gasteiger partial charge in [-0.3, -0.25) is 9.59 Å². The summed E-state index contributed by atoms with van der Waals surface area (Å²) in [6.45, 7) is 0. The Morgan fingerprint density at radius 1 is 0.943 bits per heavy atom. The molecule has 1 saturated carbocycles. The summed E-state index contributed by atoms with van der Waals surface area (Å²) in [7, 11) is 0. The number of thiazole rings is 1. The number of carbonyl (C=O) groups is 2. The number of nitrogens with zero attached hydrogens (tertiary/aromatic N) is 1. The van der Waals surface area contributed by atoms with E-state index in [1.807, 2.05) is 72.1 Å². The molecular weight excluding hydrogens is 456 g/mol. The number of aryl methyl sites for hydroxylation is 1. The first-order valence-corrected chi connectivity index (χ1v) is 13.0. The van der Waals surface area contributed by atoms with Crippen LogP contribution in [0.1, 0.15) is 59.3 Å². The fourth-order valence-electron chi connectivity index (χ4n) is 4.80. The quantitative estimate of drug-likeness (QED) is 0.289. The van der Waals surface area contributed by atoms with Crippen molar-refractivity contribution in [2.24, 2.45) is 5.92 Å². The minimum atomic E-state index is -0.197. The maximum absolute atomic E-state index is 13.0. The molecule has 178 valence electrons. The number of hydrogen-bond acceptors (Lipinski definition) is 5. The number of carbonyl (C=O) groups excluding carboxylic acids is 2. The predicted molar refractivity (Wildman–Crippen MR) is 139 cm³/mol. The Kier molecular flexibility index (Phi) is 7.19. The zero-order chi connectivity index (χ0) is 24.0. The fourth-order valence-corrected chi connectivity index (χ4v) is 5.77. The van der Waals surface area contributed by atoms with Gasteiger partial charge in [0.25, 0.3) is 5.91 Å². The highest BCUT2D eigenvalue weighted by Gasteiger charge is 2.29. The highest BCUT2D eigenvalue weighted by atomic mass is 32.1. The van der Waals surface area contributed by atoms with E-state index in [9.17, 15) is 9.59 Å². The number of ketones is 1. The van der Waals surface area contributed by atoms with Crippen LogP contribution in [0.5, 0.6) is 0 Å². The molecule has 2 heterocycles. The normalized spacial score (nSPS) is 17.7. The molecule has 4 aromatic rings. The number of hydrogen-bond donors (Lipinski definition) is 1. The third kappa shape index (κ3) is 5.60. The number of Topliss-reactive ketones (excluding diaryl/α,β-unsaturated/α-hetero) is 1. The summed E-state index contributed by atoms with van der Waals surface area (Å²) < 4.78 is 5.34. The molecule has 0 aliphatic heterocycles. The van der Waals surface area contributed by atoms with Gasteiger partial charge < -0.3 is 9.73 Å². The van der Waals surface area contributed by atoms with Gasteiger partial charge in [0.15, 0.2) is 0 Å². The van der Waals surface area contributed by atoms with Crippen molar-refractivity contribution in [3.05, 3.63) is 94.8 Å². The number of para-hydroxylation sites is 1. The second kappa shape index (κ2) is 10.8. The number of benzene rings is 2. The predicted octanol–water partition coefficient (Wildman–Crippen LogP) is 7.13. The van der Waals surface area contributed by atoms with Crippen LogP contribution in [-0.2, 0) is 11.2 Å². The largest absolute Gasteiger partial charge is 0.469 e. The Balaban J connectivity index is 1.17. The molecule has 6 heteroatoms. The van der Waals surface area contributed by atoms with Gasteiger partial charge in [0.2, 0.25) is 0 Å². The van der Waals surface area contributed by atoms with Gasteiger partial charge in [-0.25, -0.2) is 4.98 Å². The van der Waals surface area contributed by atoms with Crippen LogP contribution in [0.15, 0.2) is 82.8 Å². The van der Waals surface area contributed by atoms with Gasteiger partial charge in [0.1, 0.15) is 17.2 Å². The minimum Gasteiger partial charge on any atom is -0.469 e. The summed E-state index contributed by atoms with van der Waals surface area (Å²) in [5, 5.41) is 5.88. The van der Waals surface area contributed by atoms with Gasteiger partial charge in [0.05, 0.1) is 11.3 Å². The van der Waals surface area contributed by atoms with E-state index in [1.54, 1.807) is 17.6 Å². The number of anilines is 1. The molecule has 0 spiro atoms. The van der Waals surface area contributed by atoms with Gasteiger partial charge >= 0.3 is 0 Å². The number of furan rings is 1. The molecule has 0 atom stereocenters. The maximum atomic E-state index is 13.0. The molecule has 1 fully saturated rings. The Hall–Kier alpha value is -3.51. The molecular formula is C29H28N2O3S. The first kappa shape index (κ1) is 23.2. The standard InChI is InChI=1S/C29H28N2O3S/c32-27(17-16-23-9-6-18-34-23)21-12-14-22(15-13-21)29-31-26(19-35-29)28(33)30-25-11-5-4-10-24(25)20-7-2-1-3-8-20/h1-11,18-19,21-22H,12-17H2,(H,30,33). The molecule has 1 aliphatic carbocycles. The van der Waals surface area contributed by atoms with Crippen LogP contribution in [-0.4, -0.2) is 16.7 Å². The molecule has 2 aromatic heterocycles. The van der Waals surface area contributed by atoms with Gasteiger partial charge in [-0.05, 0) is 49.4 Å². The van der Waals surface area contributed by atoms with Crippen molar-refractivity contribution in [2.75, 3.05) is 5.32 Å². The lowest BCUT2D eigenvalue weighted by molar-refractivity contribution is -0.123. The van der Waals surface area contributed by atoms with Crippen molar-refractivity contribution in [1.82, 2.24) is 4.98 Å². The Morgan fingerprint density at radius 3 is 2.49 bits per heavy atom. The second-order valence-electron chi connectivity index (χ2n) is 9.03. The van der Waals surface area contributed by atoms with Gasteiger partial charge in [-0.1, -0.05) is 48.5 Å². The number of aromatic nitrogens is 1. The van der Waals surface area contributed by atoms with E-state index in [4.69, 9.17) is 4.42 Å². The van der Waals surface area contributed by atoms with Crippen LogP contribution in [0.2, 0.25) is 0 Å². The van der Waals surface area contributed by atoms with Crippen LogP contribution < -0.4 is 5.32 Å². The highest BCUT2D eigenvalue weighted by molar-refractivity contribution is 7.10. The number of nitrogens with one attached hydrogen (secondary N) is 1. The summed E-state index contributed by atoms with van der Waals surface area (Å²) in [6, 6.07) is 21.6. The van der Waals surface area contributed by atoms with E-state index in [1.165, 1.54) is 0 Å².